The Kier molecular flexibility index (Phi) is 3.64. The quantitative estimate of drug-likeness (QED) is 0.332. The SMILES string of the molecule is NC(=NO)C(NC(=O)c1cccc(F)c1F)C1CC1. The average molecular weight is 269 g/mol. The van der Waals surface area contributed by atoms with E-state index in [-0.39, 0.29) is 11.8 Å². The number of nitrogens with zero attached hydrogens (tertiary/aromatic N) is 1. The monoisotopic (exact) mass is 269 g/mol. The van der Waals surface area contributed by atoms with E-state index in [1.807, 2.05) is 0 Å². The van der Waals surface area contributed by atoms with Crippen molar-refractivity contribution in [2.75, 3.05) is 0 Å². The Labute approximate surface area is 108 Å². The minimum atomic E-state index is -1.21. The zero-order valence-electron chi connectivity index (χ0n) is 9.94. The standard InChI is InChI=1S/C12H13F2N3O2/c13-8-3-1-2-7(9(8)14)12(18)16-10(6-4-5-6)11(15)17-19/h1-3,6,10,19H,4-5H2,(H2,15,17)(H,16,18). The maximum Gasteiger partial charge on any atom is 0.254 e. The van der Waals surface area contributed by atoms with E-state index in [4.69, 9.17) is 10.9 Å². The van der Waals surface area contributed by atoms with Gasteiger partial charge in [0.15, 0.2) is 17.5 Å². The Bertz CT molecular complexity index is 530. The Morgan fingerprint density at radius 2 is 2.16 bits per heavy atom. The number of hydrogen-bond donors (Lipinski definition) is 3. The first kappa shape index (κ1) is 13.3. The summed E-state index contributed by atoms with van der Waals surface area (Å²) in [6.07, 6.45) is 1.65. The van der Waals surface area contributed by atoms with Crippen molar-refractivity contribution in [3.05, 3.63) is 35.4 Å². The van der Waals surface area contributed by atoms with Crippen molar-refractivity contribution in [2.45, 2.75) is 18.9 Å². The fraction of sp³-hybridized carbons (Fsp3) is 0.333. The number of nitrogens with one attached hydrogen (secondary N) is 1. The molecule has 0 aromatic heterocycles. The molecule has 1 aliphatic carbocycles. The highest BCUT2D eigenvalue weighted by Crippen LogP contribution is 2.33. The molecule has 1 aliphatic rings. The largest absolute Gasteiger partial charge is 0.409 e. The highest BCUT2D eigenvalue weighted by atomic mass is 19.2. The van der Waals surface area contributed by atoms with Crippen LogP contribution >= 0.6 is 0 Å². The fourth-order valence-electron chi connectivity index (χ4n) is 1.82. The summed E-state index contributed by atoms with van der Waals surface area (Å²) >= 11 is 0. The van der Waals surface area contributed by atoms with Gasteiger partial charge in [0, 0.05) is 0 Å². The predicted molar refractivity (Wildman–Crippen MR) is 63.7 cm³/mol. The minimum absolute atomic E-state index is 0.0662. The lowest BCUT2D eigenvalue weighted by atomic mass is 10.1. The van der Waals surface area contributed by atoms with Crippen LogP contribution in [0.15, 0.2) is 23.4 Å². The van der Waals surface area contributed by atoms with Crippen molar-refractivity contribution in [2.24, 2.45) is 16.8 Å². The lowest BCUT2D eigenvalue weighted by molar-refractivity contribution is 0.0938. The number of nitrogens with two attached hydrogens (primary N) is 1. The smallest absolute Gasteiger partial charge is 0.254 e. The first-order valence-electron chi connectivity index (χ1n) is 5.77. The van der Waals surface area contributed by atoms with Crippen LogP contribution in [0.4, 0.5) is 8.78 Å². The second-order valence-corrected chi connectivity index (χ2v) is 4.41. The van der Waals surface area contributed by atoms with E-state index in [9.17, 15) is 13.6 Å². The van der Waals surface area contributed by atoms with Gasteiger partial charge in [-0.05, 0) is 30.9 Å². The lowest BCUT2D eigenvalue weighted by Crippen LogP contribution is -2.46. The fourth-order valence-corrected chi connectivity index (χ4v) is 1.82. The van der Waals surface area contributed by atoms with Crippen LogP contribution in [0.2, 0.25) is 0 Å². The molecule has 1 aromatic rings. The molecule has 4 N–H and O–H groups in total. The summed E-state index contributed by atoms with van der Waals surface area (Å²) in [4.78, 5) is 11.9. The van der Waals surface area contributed by atoms with E-state index in [0.717, 1.165) is 18.9 Å². The number of carbonyl (C=O) groups is 1. The number of amides is 1. The molecule has 0 bridgehead atoms. The van der Waals surface area contributed by atoms with Gasteiger partial charge in [-0.3, -0.25) is 4.79 Å². The van der Waals surface area contributed by atoms with Crippen LogP contribution in [0.25, 0.3) is 0 Å². The van der Waals surface area contributed by atoms with Gasteiger partial charge in [0.1, 0.15) is 0 Å². The molecule has 1 amide bonds. The van der Waals surface area contributed by atoms with Gasteiger partial charge in [-0.1, -0.05) is 11.2 Å². The lowest BCUT2D eigenvalue weighted by Gasteiger charge is -2.16. The van der Waals surface area contributed by atoms with Crippen LogP contribution in [0.1, 0.15) is 23.2 Å². The van der Waals surface area contributed by atoms with Crippen molar-refractivity contribution >= 4 is 11.7 Å². The number of benzene rings is 1. The van der Waals surface area contributed by atoms with Crippen LogP contribution in [0, 0.1) is 17.6 Å². The van der Waals surface area contributed by atoms with Crippen molar-refractivity contribution in [3.8, 4) is 0 Å². The van der Waals surface area contributed by atoms with E-state index in [1.54, 1.807) is 0 Å². The molecule has 0 spiro atoms. The minimum Gasteiger partial charge on any atom is -0.409 e. The molecule has 102 valence electrons. The summed E-state index contributed by atoms with van der Waals surface area (Å²) in [6, 6.07) is 2.67. The van der Waals surface area contributed by atoms with Gasteiger partial charge in [0.25, 0.3) is 5.91 Å². The maximum atomic E-state index is 13.5. The molecule has 7 heteroatoms. The third kappa shape index (κ3) is 2.81. The number of oxime groups is 1. The van der Waals surface area contributed by atoms with E-state index < -0.39 is 29.1 Å². The molecular formula is C12H13F2N3O2. The maximum absolute atomic E-state index is 13.5. The molecule has 1 saturated carbocycles. The van der Waals surface area contributed by atoms with Gasteiger partial charge in [0.2, 0.25) is 0 Å². The van der Waals surface area contributed by atoms with Crippen molar-refractivity contribution in [1.29, 1.82) is 0 Å². The van der Waals surface area contributed by atoms with Gasteiger partial charge >= 0.3 is 0 Å². The Morgan fingerprint density at radius 1 is 1.47 bits per heavy atom. The Hall–Kier alpha value is -2.18. The van der Waals surface area contributed by atoms with Crippen molar-refractivity contribution < 1.29 is 18.8 Å². The number of halogens is 2. The van der Waals surface area contributed by atoms with E-state index in [1.165, 1.54) is 12.1 Å². The van der Waals surface area contributed by atoms with Crippen molar-refractivity contribution in [3.63, 3.8) is 0 Å². The molecule has 1 atom stereocenters. The van der Waals surface area contributed by atoms with Crippen molar-refractivity contribution in [1.82, 2.24) is 5.32 Å². The first-order chi connectivity index (χ1) is 9.04. The topological polar surface area (TPSA) is 87.7 Å². The average Bonchev–Trinajstić information content (AvgIpc) is 3.22. The Balaban J connectivity index is 2.17. The molecule has 0 heterocycles. The number of hydrogen-bond acceptors (Lipinski definition) is 3. The summed E-state index contributed by atoms with van der Waals surface area (Å²) in [5.41, 5.74) is 5.06. The highest BCUT2D eigenvalue weighted by Gasteiger charge is 2.35. The zero-order chi connectivity index (χ0) is 14.0. The number of carbonyl (C=O) groups excluding carboxylic acids is 1. The van der Waals surface area contributed by atoms with E-state index in [0.29, 0.717) is 0 Å². The third-order valence-electron chi connectivity index (χ3n) is 3.01. The van der Waals surface area contributed by atoms with Gasteiger partial charge in [0.05, 0.1) is 11.6 Å². The normalized spacial score (nSPS) is 17.1. The molecule has 0 saturated heterocycles. The second-order valence-electron chi connectivity index (χ2n) is 4.41. The molecule has 0 radical (unpaired) electrons. The zero-order valence-corrected chi connectivity index (χ0v) is 9.94. The third-order valence-corrected chi connectivity index (χ3v) is 3.01. The molecule has 1 aromatic carbocycles. The summed E-state index contributed by atoms with van der Waals surface area (Å²) < 4.78 is 26.5. The van der Waals surface area contributed by atoms with Gasteiger partial charge in [-0.25, -0.2) is 8.78 Å². The van der Waals surface area contributed by atoms with E-state index >= 15 is 0 Å². The summed E-state index contributed by atoms with van der Waals surface area (Å²) in [7, 11) is 0. The predicted octanol–water partition coefficient (Wildman–Crippen LogP) is 1.22. The second kappa shape index (κ2) is 5.21. The molecule has 1 unspecified atom stereocenters. The molecule has 1 fully saturated rings. The number of rotatable bonds is 4. The summed E-state index contributed by atoms with van der Waals surface area (Å²) in [5, 5.41) is 13.9. The molecule has 0 aliphatic heterocycles. The van der Waals surface area contributed by atoms with Gasteiger partial charge in [-0.15, -0.1) is 0 Å². The molecule has 2 rings (SSSR count). The molecular weight excluding hydrogens is 256 g/mol. The van der Waals surface area contributed by atoms with Crippen LogP contribution in [0.5, 0.6) is 0 Å². The van der Waals surface area contributed by atoms with Crippen LogP contribution < -0.4 is 11.1 Å². The summed E-state index contributed by atoms with van der Waals surface area (Å²) in [6.45, 7) is 0. The van der Waals surface area contributed by atoms with Crippen LogP contribution in [0.3, 0.4) is 0 Å². The van der Waals surface area contributed by atoms with Gasteiger partial charge in [-0.2, -0.15) is 0 Å². The van der Waals surface area contributed by atoms with Crippen LogP contribution in [-0.4, -0.2) is 23.0 Å². The first-order valence-corrected chi connectivity index (χ1v) is 5.77. The molecule has 5 nitrogen and oxygen atoms in total. The van der Waals surface area contributed by atoms with Crippen LogP contribution in [-0.2, 0) is 0 Å². The van der Waals surface area contributed by atoms with E-state index in [2.05, 4.69) is 10.5 Å². The molecule has 19 heavy (non-hydrogen) atoms. The summed E-state index contributed by atoms with van der Waals surface area (Å²) in [5.74, 6) is -3.18. The Morgan fingerprint density at radius 3 is 2.74 bits per heavy atom. The number of amidine groups is 1. The highest BCUT2D eigenvalue weighted by molar-refractivity contribution is 5.98. The van der Waals surface area contributed by atoms with Gasteiger partial charge < -0.3 is 16.3 Å².